The van der Waals surface area contributed by atoms with Crippen molar-refractivity contribution in [1.82, 2.24) is 5.32 Å². The quantitative estimate of drug-likeness (QED) is 0.593. The van der Waals surface area contributed by atoms with E-state index < -0.39 is 11.7 Å². The Labute approximate surface area is 153 Å². The highest BCUT2D eigenvalue weighted by atomic mass is 19.1. The van der Waals surface area contributed by atoms with E-state index in [0.717, 1.165) is 16.7 Å². The minimum atomic E-state index is -0.520. The Balaban J connectivity index is 2.41. The number of benzene rings is 2. The molecule has 1 atom stereocenters. The van der Waals surface area contributed by atoms with Crippen LogP contribution in [0.3, 0.4) is 0 Å². The molecule has 0 aliphatic rings. The van der Waals surface area contributed by atoms with Crippen molar-refractivity contribution in [2.45, 2.75) is 19.9 Å². The van der Waals surface area contributed by atoms with Crippen molar-refractivity contribution in [3.8, 4) is 11.1 Å². The molecular weight excluding hydrogens is 329 g/mol. The minimum Gasteiger partial charge on any atom is -0.324 e. The van der Waals surface area contributed by atoms with Crippen LogP contribution in [-0.2, 0) is 0 Å². The van der Waals surface area contributed by atoms with Crippen molar-refractivity contribution in [1.29, 1.82) is 0 Å². The number of hydrogen-bond donors (Lipinski definition) is 2. The van der Waals surface area contributed by atoms with Gasteiger partial charge in [-0.05, 0) is 55.5 Å². The van der Waals surface area contributed by atoms with Crippen molar-refractivity contribution in [2.24, 2.45) is 10.7 Å². The molecule has 0 saturated carbocycles. The van der Waals surface area contributed by atoms with Crippen molar-refractivity contribution >= 4 is 12.6 Å². The number of nitrogens with zero attached hydrogens (tertiary/aromatic N) is 1. The summed E-state index contributed by atoms with van der Waals surface area (Å²) in [5.74, 6) is -0.937. The summed E-state index contributed by atoms with van der Waals surface area (Å²) >= 11 is 0. The summed E-state index contributed by atoms with van der Waals surface area (Å²) in [4.78, 5) is 16.1. The third-order valence-corrected chi connectivity index (χ3v) is 3.86. The van der Waals surface area contributed by atoms with Gasteiger partial charge in [0.25, 0.3) is 5.91 Å². The van der Waals surface area contributed by atoms with Gasteiger partial charge in [0.2, 0.25) is 0 Å². The lowest BCUT2D eigenvalue weighted by atomic mass is 9.93. The van der Waals surface area contributed by atoms with Gasteiger partial charge in [0.1, 0.15) is 5.83 Å². The maximum absolute atomic E-state index is 13.6. The summed E-state index contributed by atoms with van der Waals surface area (Å²) in [6.07, 6.45) is 2.67. The van der Waals surface area contributed by atoms with E-state index in [4.69, 9.17) is 5.73 Å². The van der Waals surface area contributed by atoms with Gasteiger partial charge in [0, 0.05) is 17.8 Å². The first kappa shape index (κ1) is 19.3. The Morgan fingerprint density at radius 3 is 2.54 bits per heavy atom. The fourth-order valence-corrected chi connectivity index (χ4v) is 2.53. The lowest BCUT2D eigenvalue weighted by Crippen LogP contribution is -2.23. The number of nitrogens with one attached hydrogen (secondary N) is 1. The van der Waals surface area contributed by atoms with Gasteiger partial charge < -0.3 is 11.1 Å². The molecule has 5 heteroatoms. The molecule has 0 saturated heterocycles. The molecule has 0 spiro atoms. The van der Waals surface area contributed by atoms with E-state index in [1.54, 1.807) is 12.1 Å². The highest BCUT2D eigenvalue weighted by molar-refractivity contribution is 5.97. The van der Waals surface area contributed by atoms with Crippen LogP contribution in [0.5, 0.6) is 0 Å². The fourth-order valence-electron chi connectivity index (χ4n) is 2.53. The zero-order chi connectivity index (χ0) is 19.1. The van der Waals surface area contributed by atoms with Gasteiger partial charge in [0.15, 0.2) is 0 Å². The summed E-state index contributed by atoms with van der Waals surface area (Å²) in [6.45, 7) is 6.45. The summed E-state index contributed by atoms with van der Waals surface area (Å²) in [6, 6.07) is 14.8. The Kier molecular flexibility index (Phi) is 6.58. The van der Waals surface area contributed by atoms with Crippen LogP contribution in [0.15, 0.2) is 77.3 Å². The number of amides is 1. The van der Waals surface area contributed by atoms with Gasteiger partial charge >= 0.3 is 0 Å². The minimum absolute atomic E-state index is 0.0416. The van der Waals surface area contributed by atoms with Gasteiger partial charge in [-0.1, -0.05) is 36.4 Å². The topological polar surface area (TPSA) is 67.5 Å². The molecule has 1 unspecified atom stereocenters. The lowest BCUT2D eigenvalue weighted by Gasteiger charge is -2.15. The monoisotopic (exact) mass is 351 g/mol. The molecule has 2 rings (SSSR count). The predicted octanol–water partition coefficient (Wildman–Crippen LogP) is 4.52. The molecule has 0 heterocycles. The SMILES string of the molecule is C=N/C=C\C(NC(=O)c1ccc(C(C)N)c(-c2ccccc2)c1)=C(C)F. The van der Waals surface area contributed by atoms with Crippen LogP contribution in [0.2, 0.25) is 0 Å². The van der Waals surface area contributed by atoms with Gasteiger partial charge in [0.05, 0.1) is 5.70 Å². The number of rotatable bonds is 6. The van der Waals surface area contributed by atoms with Gasteiger partial charge in [-0.3, -0.25) is 9.79 Å². The Bertz CT molecular complexity index is 851. The van der Waals surface area contributed by atoms with Gasteiger partial charge in [-0.2, -0.15) is 0 Å². The maximum Gasteiger partial charge on any atom is 0.255 e. The molecule has 1 amide bonds. The number of allylic oxidation sites excluding steroid dienone is 2. The first-order valence-electron chi connectivity index (χ1n) is 8.19. The molecule has 2 aromatic rings. The molecule has 26 heavy (non-hydrogen) atoms. The number of nitrogens with two attached hydrogens (primary N) is 1. The zero-order valence-corrected chi connectivity index (χ0v) is 14.9. The van der Waals surface area contributed by atoms with E-state index in [-0.39, 0.29) is 11.7 Å². The van der Waals surface area contributed by atoms with E-state index in [1.807, 2.05) is 43.3 Å². The van der Waals surface area contributed by atoms with E-state index >= 15 is 0 Å². The van der Waals surface area contributed by atoms with Crippen LogP contribution in [0, 0.1) is 0 Å². The molecule has 134 valence electrons. The first-order valence-corrected chi connectivity index (χ1v) is 8.19. The summed E-state index contributed by atoms with van der Waals surface area (Å²) in [7, 11) is 0. The molecular formula is C21H22FN3O. The average Bonchev–Trinajstić information content (AvgIpc) is 2.64. The zero-order valence-electron chi connectivity index (χ0n) is 14.9. The highest BCUT2D eigenvalue weighted by Gasteiger charge is 2.14. The van der Waals surface area contributed by atoms with E-state index in [2.05, 4.69) is 17.0 Å². The van der Waals surface area contributed by atoms with E-state index in [0.29, 0.717) is 5.56 Å². The summed E-state index contributed by atoms with van der Waals surface area (Å²) < 4.78 is 13.6. The molecule has 0 fully saturated rings. The van der Waals surface area contributed by atoms with Crippen molar-refractivity contribution in [3.63, 3.8) is 0 Å². The third-order valence-electron chi connectivity index (χ3n) is 3.86. The second-order valence-corrected chi connectivity index (χ2v) is 5.86. The fraction of sp³-hybridized carbons (Fsp3) is 0.143. The van der Waals surface area contributed by atoms with Crippen molar-refractivity contribution < 1.29 is 9.18 Å². The van der Waals surface area contributed by atoms with Crippen LogP contribution in [0.4, 0.5) is 4.39 Å². The number of carbonyl (C=O) groups excluding carboxylic acids is 1. The predicted molar refractivity (Wildman–Crippen MR) is 104 cm³/mol. The molecule has 0 bridgehead atoms. The van der Waals surface area contributed by atoms with Crippen LogP contribution < -0.4 is 11.1 Å². The van der Waals surface area contributed by atoms with E-state index in [1.165, 1.54) is 19.2 Å². The molecule has 4 nitrogen and oxygen atoms in total. The molecule has 0 aliphatic carbocycles. The number of carbonyl (C=O) groups is 1. The largest absolute Gasteiger partial charge is 0.324 e. The molecule has 0 radical (unpaired) electrons. The first-order chi connectivity index (χ1) is 12.4. The Morgan fingerprint density at radius 2 is 1.96 bits per heavy atom. The average molecular weight is 351 g/mol. The van der Waals surface area contributed by atoms with Crippen molar-refractivity contribution in [2.75, 3.05) is 0 Å². The van der Waals surface area contributed by atoms with Crippen LogP contribution >= 0.6 is 0 Å². The summed E-state index contributed by atoms with van der Waals surface area (Å²) in [5, 5.41) is 2.55. The number of halogens is 1. The lowest BCUT2D eigenvalue weighted by molar-refractivity contribution is 0.0966. The molecule has 2 aromatic carbocycles. The second kappa shape index (κ2) is 8.87. The standard InChI is InChI=1S/C21H22FN3O/c1-14(22)20(11-12-24-3)25-21(26)17-9-10-18(15(2)23)19(13-17)16-7-5-4-6-8-16/h4-13,15H,3,23H2,1-2H3,(H,25,26)/b12-11-,20-14?. The third kappa shape index (κ3) is 4.74. The Morgan fingerprint density at radius 1 is 1.27 bits per heavy atom. The molecule has 3 N–H and O–H groups in total. The molecule has 0 aliphatic heterocycles. The second-order valence-electron chi connectivity index (χ2n) is 5.86. The van der Waals surface area contributed by atoms with Crippen LogP contribution in [0.1, 0.15) is 35.8 Å². The van der Waals surface area contributed by atoms with Gasteiger partial charge in [-0.15, -0.1) is 0 Å². The highest BCUT2D eigenvalue weighted by Crippen LogP contribution is 2.28. The van der Waals surface area contributed by atoms with Crippen LogP contribution in [-0.4, -0.2) is 12.6 Å². The van der Waals surface area contributed by atoms with Gasteiger partial charge in [-0.25, -0.2) is 4.39 Å². The number of aliphatic imine (C=N–C) groups is 1. The van der Waals surface area contributed by atoms with Crippen LogP contribution in [0.25, 0.3) is 11.1 Å². The summed E-state index contributed by atoms with van der Waals surface area (Å²) in [5.41, 5.74) is 9.29. The Hall–Kier alpha value is -3.05. The molecule has 0 aromatic heterocycles. The van der Waals surface area contributed by atoms with Crippen molar-refractivity contribution in [3.05, 3.63) is 83.5 Å². The maximum atomic E-state index is 13.6. The number of hydrogen-bond acceptors (Lipinski definition) is 3. The van der Waals surface area contributed by atoms with E-state index in [9.17, 15) is 9.18 Å². The normalized spacial score (nSPS) is 13.2. The smallest absolute Gasteiger partial charge is 0.255 e.